The molecule has 1 aliphatic rings. The third-order valence-corrected chi connectivity index (χ3v) is 6.54. The van der Waals surface area contributed by atoms with Crippen molar-refractivity contribution in [1.29, 1.82) is 0 Å². The third-order valence-electron chi connectivity index (χ3n) is 5.76. The van der Waals surface area contributed by atoms with Crippen molar-refractivity contribution in [3.05, 3.63) is 113 Å². The maximum atomic E-state index is 6.28. The van der Waals surface area contributed by atoms with Gasteiger partial charge in [0.25, 0.3) is 0 Å². The molecule has 0 radical (unpaired) electrons. The van der Waals surface area contributed by atoms with Crippen LogP contribution in [0.4, 0.5) is 0 Å². The van der Waals surface area contributed by atoms with E-state index in [0.29, 0.717) is 11.7 Å². The molecule has 2 atom stereocenters. The van der Waals surface area contributed by atoms with Gasteiger partial charge in [0.05, 0.1) is 30.0 Å². The first-order valence-corrected chi connectivity index (χ1v) is 11.2. The zero-order valence-corrected chi connectivity index (χ0v) is 19.1. The van der Waals surface area contributed by atoms with Crippen LogP contribution >= 0.6 is 23.8 Å². The SMILES string of the molecule is Cc1cc(-n2cccc2[C@H]2[C@H](c3ccccn3)NC(=S)N2Cc2ccccn2)ccc1Cl. The number of thiocarbonyl (C=S) groups is 1. The number of rotatable bonds is 5. The van der Waals surface area contributed by atoms with Gasteiger partial charge >= 0.3 is 0 Å². The van der Waals surface area contributed by atoms with E-state index in [9.17, 15) is 0 Å². The Bertz CT molecular complexity index is 1240. The number of benzene rings is 1. The largest absolute Gasteiger partial charge is 0.352 e. The van der Waals surface area contributed by atoms with E-state index in [4.69, 9.17) is 23.8 Å². The quantitative estimate of drug-likeness (QED) is 0.405. The minimum atomic E-state index is -0.0885. The minimum absolute atomic E-state index is 0.0645. The number of pyridine rings is 2. The van der Waals surface area contributed by atoms with E-state index in [1.54, 1.807) is 0 Å². The molecule has 1 fully saturated rings. The van der Waals surface area contributed by atoms with Crippen molar-refractivity contribution in [2.24, 2.45) is 0 Å². The van der Waals surface area contributed by atoms with Gasteiger partial charge in [-0.25, -0.2) is 0 Å². The first kappa shape index (κ1) is 20.7. The number of nitrogens with zero attached hydrogens (tertiary/aromatic N) is 4. The molecule has 0 unspecified atom stereocenters. The third kappa shape index (κ3) is 3.87. The van der Waals surface area contributed by atoms with E-state index < -0.39 is 0 Å². The lowest BCUT2D eigenvalue weighted by Gasteiger charge is -2.28. The van der Waals surface area contributed by atoms with Gasteiger partial charge in [-0.2, -0.15) is 0 Å². The molecule has 32 heavy (non-hydrogen) atoms. The average molecular weight is 460 g/mol. The van der Waals surface area contributed by atoms with Gasteiger partial charge in [0.2, 0.25) is 0 Å². The van der Waals surface area contributed by atoms with Crippen LogP contribution in [0.2, 0.25) is 5.02 Å². The van der Waals surface area contributed by atoms with Crippen molar-refractivity contribution in [2.45, 2.75) is 25.6 Å². The average Bonchev–Trinajstić information content (AvgIpc) is 3.42. The molecule has 0 aliphatic carbocycles. The van der Waals surface area contributed by atoms with Crippen molar-refractivity contribution in [1.82, 2.24) is 24.8 Å². The first-order valence-electron chi connectivity index (χ1n) is 10.4. The molecule has 0 spiro atoms. The Hall–Kier alpha value is -3.22. The van der Waals surface area contributed by atoms with Gasteiger partial charge in [0.15, 0.2) is 5.11 Å². The van der Waals surface area contributed by atoms with E-state index in [0.717, 1.165) is 33.4 Å². The molecule has 1 N–H and O–H groups in total. The van der Waals surface area contributed by atoms with Crippen LogP contribution in [0, 0.1) is 6.92 Å². The maximum absolute atomic E-state index is 6.28. The molecule has 5 nitrogen and oxygen atoms in total. The summed E-state index contributed by atoms with van der Waals surface area (Å²) in [5.74, 6) is 0. The van der Waals surface area contributed by atoms with Crippen LogP contribution < -0.4 is 5.32 Å². The van der Waals surface area contributed by atoms with Crippen LogP contribution in [0.5, 0.6) is 0 Å². The highest BCUT2D eigenvalue weighted by molar-refractivity contribution is 7.80. The summed E-state index contributed by atoms with van der Waals surface area (Å²) in [6.45, 7) is 2.62. The van der Waals surface area contributed by atoms with Crippen LogP contribution in [0.1, 0.15) is 34.7 Å². The molecule has 5 rings (SSSR count). The highest BCUT2D eigenvalue weighted by Gasteiger charge is 2.41. The molecule has 0 saturated carbocycles. The first-order chi connectivity index (χ1) is 15.6. The Balaban J connectivity index is 1.61. The van der Waals surface area contributed by atoms with E-state index >= 15 is 0 Å². The van der Waals surface area contributed by atoms with E-state index in [1.165, 1.54) is 0 Å². The second-order valence-corrected chi connectivity index (χ2v) is 8.61. The monoisotopic (exact) mass is 459 g/mol. The van der Waals surface area contributed by atoms with E-state index in [-0.39, 0.29) is 12.1 Å². The van der Waals surface area contributed by atoms with Crippen molar-refractivity contribution in [2.75, 3.05) is 0 Å². The van der Waals surface area contributed by atoms with E-state index in [1.807, 2.05) is 67.8 Å². The molecule has 0 amide bonds. The number of hydrogen-bond donors (Lipinski definition) is 1. The Kier molecular flexibility index (Phi) is 5.64. The van der Waals surface area contributed by atoms with Gasteiger partial charge in [-0.05, 0) is 79.3 Å². The Morgan fingerprint density at radius 2 is 1.81 bits per heavy atom. The van der Waals surface area contributed by atoms with Gasteiger partial charge in [-0.15, -0.1) is 0 Å². The highest BCUT2D eigenvalue weighted by Crippen LogP contribution is 2.40. The molecule has 3 aromatic heterocycles. The summed E-state index contributed by atoms with van der Waals surface area (Å²) in [5.41, 5.74) is 5.12. The van der Waals surface area contributed by atoms with Crippen LogP contribution in [0.3, 0.4) is 0 Å². The molecule has 1 saturated heterocycles. The Morgan fingerprint density at radius 1 is 1.00 bits per heavy atom. The molecule has 7 heteroatoms. The van der Waals surface area contributed by atoms with E-state index in [2.05, 4.69) is 49.1 Å². The van der Waals surface area contributed by atoms with Gasteiger partial charge in [-0.3, -0.25) is 9.97 Å². The van der Waals surface area contributed by atoms with Crippen LogP contribution in [0.15, 0.2) is 85.3 Å². The normalized spacial score (nSPS) is 18.1. The van der Waals surface area contributed by atoms with Crippen molar-refractivity contribution in [3.63, 3.8) is 0 Å². The summed E-state index contributed by atoms with van der Waals surface area (Å²) in [6, 6.07) is 22.1. The standard InChI is InChI=1S/C25H22ClN5S/c1-17-15-19(10-11-20(17)26)30-14-6-9-22(30)24-23(21-8-3-5-13-28-21)29-25(32)31(24)16-18-7-2-4-12-27-18/h2-15,23-24H,16H2,1H3,(H,29,32)/t23-,24-/m0/s1. The number of aromatic nitrogens is 3. The second kappa shape index (κ2) is 8.73. The summed E-state index contributed by atoms with van der Waals surface area (Å²) in [6.07, 6.45) is 5.71. The molecule has 0 bridgehead atoms. The molecule has 4 heterocycles. The van der Waals surface area contributed by atoms with Crippen LogP contribution in [0.25, 0.3) is 5.69 Å². The van der Waals surface area contributed by atoms with Gasteiger partial charge in [-0.1, -0.05) is 23.7 Å². The van der Waals surface area contributed by atoms with Crippen molar-refractivity contribution in [3.8, 4) is 5.69 Å². The summed E-state index contributed by atoms with van der Waals surface area (Å²) >= 11 is 12.1. The van der Waals surface area contributed by atoms with Crippen molar-refractivity contribution < 1.29 is 0 Å². The molecule has 160 valence electrons. The molecule has 4 aromatic rings. The smallest absolute Gasteiger partial charge is 0.170 e. The lowest BCUT2D eigenvalue weighted by Crippen LogP contribution is -2.30. The zero-order chi connectivity index (χ0) is 22.1. The number of halogens is 1. The topological polar surface area (TPSA) is 46.0 Å². The highest BCUT2D eigenvalue weighted by atomic mass is 35.5. The van der Waals surface area contributed by atoms with Crippen molar-refractivity contribution >= 4 is 28.9 Å². The summed E-state index contributed by atoms with van der Waals surface area (Å²) in [5, 5.41) is 4.96. The summed E-state index contributed by atoms with van der Waals surface area (Å²) < 4.78 is 2.20. The molecule has 1 aromatic carbocycles. The fourth-order valence-electron chi connectivity index (χ4n) is 4.21. The summed E-state index contributed by atoms with van der Waals surface area (Å²) in [7, 11) is 0. The number of hydrogen-bond acceptors (Lipinski definition) is 3. The second-order valence-electron chi connectivity index (χ2n) is 7.81. The predicted octanol–water partition coefficient (Wildman–Crippen LogP) is 5.40. The number of aryl methyl sites for hydroxylation is 1. The molecular weight excluding hydrogens is 438 g/mol. The Morgan fingerprint density at radius 3 is 2.53 bits per heavy atom. The predicted molar refractivity (Wildman–Crippen MR) is 131 cm³/mol. The Labute approximate surface area is 197 Å². The minimum Gasteiger partial charge on any atom is -0.352 e. The molecular formula is C25H22ClN5S. The fourth-order valence-corrected chi connectivity index (χ4v) is 4.64. The lowest BCUT2D eigenvalue weighted by molar-refractivity contribution is 0.299. The summed E-state index contributed by atoms with van der Waals surface area (Å²) in [4.78, 5) is 11.4. The lowest BCUT2D eigenvalue weighted by atomic mass is 10.0. The van der Waals surface area contributed by atoms with Crippen LogP contribution in [-0.2, 0) is 6.54 Å². The maximum Gasteiger partial charge on any atom is 0.170 e. The number of nitrogens with one attached hydrogen (secondary N) is 1. The van der Waals surface area contributed by atoms with Gasteiger partial charge in [0.1, 0.15) is 0 Å². The van der Waals surface area contributed by atoms with Gasteiger partial charge in [0, 0.05) is 35.0 Å². The van der Waals surface area contributed by atoms with Gasteiger partial charge < -0.3 is 14.8 Å². The van der Waals surface area contributed by atoms with Crippen LogP contribution in [-0.4, -0.2) is 24.5 Å². The fraction of sp³-hybridized carbons (Fsp3) is 0.160. The molecule has 1 aliphatic heterocycles. The zero-order valence-electron chi connectivity index (χ0n) is 17.5.